The monoisotopic (exact) mass is 352 g/mol. The van der Waals surface area contributed by atoms with E-state index in [0.29, 0.717) is 29.4 Å². The molecule has 0 unspecified atom stereocenters. The molecular weight excluding hydrogens is 335 g/mol. The highest BCUT2D eigenvalue weighted by Gasteiger charge is 2.07. The Labute approximate surface area is 150 Å². The van der Waals surface area contributed by atoms with Gasteiger partial charge in [-0.3, -0.25) is 0 Å². The van der Waals surface area contributed by atoms with Crippen molar-refractivity contribution >= 4 is 5.97 Å². The summed E-state index contributed by atoms with van der Waals surface area (Å²) in [6, 6.07) is 20.0. The van der Waals surface area contributed by atoms with Crippen molar-refractivity contribution in [2.75, 3.05) is 7.11 Å². The van der Waals surface area contributed by atoms with E-state index in [2.05, 4.69) is 0 Å². The first-order valence-electron chi connectivity index (χ1n) is 7.97. The molecule has 0 N–H and O–H groups in total. The normalized spacial score (nSPS) is 10.2. The van der Waals surface area contributed by atoms with Crippen LogP contribution in [0.25, 0.3) is 0 Å². The molecule has 3 rings (SSSR count). The van der Waals surface area contributed by atoms with Gasteiger partial charge in [-0.05, 0) is 60.2 Å². The number of benzene rings is 3. The average molecular weight is 352 g/mol. The number of hydrogen-bond acceptors (Lipinski definition) is 4. The van der Waals surface area contributed by atoms with Crippen LogP contribution in [0.5, 0.6) is 17.2 Å². The third-order valence-corrected chi connectivity index (χ3v) is 3.61. The Kier molecular flexibility index (Phi) is 5.49. The average Bonchev–Trinajstić information content (AvgIpc) is 2.68. The summed E-state index contributed by atoms with van der Waals surface area (Å²) in [5.74, 6) is 1.02. The zero-order valence-corrected chi connectivity index (χ0v) is 14.1. The van der Waals surface area contributed by atoms with Gasteiger partial charge >= 0.3 is 5.97 Å². The number of carbonyl (C=O) groups excluding carboxylic acids is 1. The van der Waals surface area contributed by atoms with Gasteiger partial charge in [0.1, 0.15) is 29.7 Å². The lowest BCUT2D eigenvalue weighted by Gasteiger charge is -2.10. The summed E-state index contributed by atoms with van der Waals surface area (Å²) in [5.41, 5.74) is 1.33. The zero-order valence-electron chi connectivity index (χ0n) is 14.1. The molecule has 0 heterocycles. The van der Waals surface area contributed by atoms with E-state index in [0.717, 1.165) is 5.56 Å². The van der Waals surface area contributed by atoms with Crippen LogP contribution in [-0.2, 0) is 11.3 Å². The Morgan fingerprint density at radius 1 is 0.885 bits per heavy atom. The molecule has 0 saturated heterocycles. The van der Waals surface area contributed by atoms with E-state index >= 15 is 0 Å². The van der Waals surface area contributed by atoms with Crippen molar-refractivity contribution in [1.29, 1.82) is 0 Å². The maximum Gasteiger partial charge on any atom is 0.337 e. The molecule has 0 radical (unpaired) electrons. The first-order chi connectivity index (χ1) is 12.6. The molecule has 26 heavy (non-hydrogen) atoms. The highest BCUT2D eigenvalue weighted by atomic mass is 19.1. The minimum Gasteiger partial charge on any atom is -0.489 e. The van der Waals surface area contributed by atoms with E-state index in [4.69, 9.17) is 14.2 Å². The second kappa shape index (κ2) is 8.16. The van der Waals surface area contributed by atoms with E-state index < -0.39 is 5.97 Å². The lowest BCUT2D eigenvalue weighted by atomic mass is 10.2. The SMILES string of the molecule is COC(=O)c1cccc(OCc2cccc(Oc3ccc(F)cc3)c2)c1. The number of methoxy groups -OCH3 is 1. The van der Waals surface area contributed by atoms with Crippen LogP contribution in [0.15, 0.2) is 72.8 Å². The predicted molar refractivity (Wildman–Crippen MR) is 95.0 cm³/mol. The molecule has 0 atom stereocenters. The molecule has 0 aromatic heterocycles. The Bertz CT molecular complexity index is 891. The smallest absolute Gasteiger partial charge is 0.337 e. The van der Waals surface area contributed by atoms with Gasteiger partial charge < -0.3 is 14.2 Å². The number of rotatable bonds is 6. The number of ether oxygens (including phenoxy) is 3. The summed E-state index contributed by atoms with van der Waals surface area (Å²) >= 11 is 0. The molecule has 3 aromatic carbocycles. The molecular formula is C21H17FO4. The predicted octanol–water partition coefficient (Wildman–Crippen LogP) is 4.98. The quantitative estimate of drug-likeness (QED) is 0.587. The van der Waals surface area contributed by atoms with Crippen LogP contribution >= 0.6 is 0 Å². The molecule has 0 amide bonds. The van der Waals surface area contributed by atoms with Gasteiger partial charge in [0.05, 0.1) is 12.7 Å². The minimum atomic E-state index is -0.412. The van der Waals surface area contributed by atoms with Crippen molar-refractivity contribution < 1.29 is 23.4 Å². The van der Waals surface area contributed by atoms with Crippen LogP contribution in [0.2, 0.25) is 0 Å². The van der Waals surface area contributed by atoms with Crippen molar-refractivity contribution in [2.24, 2.45) is 0 Å². The van der Waals surface area contributed by atoms with Crippen molar-refractivity contribution in [2.45, 2.75) is 6.61 Å². The van der Waals surface area contributed by atoms with Gasteiger partial charge in [0.25, 0.3) is 0 Å². The minimum absolute atomic E-state index is 0.311. The first kappa shape index (κ1) is 17.5. The lowest BCUT2D eigenvalue weighted by Crippen LogP contribution is -2.02. The van der Waals surface area contributed by atoms with Crippen LogP contribution in [-0.4, -0.2) is 13.1 Å². The van der Waals surface area contributed by atoms with Gasteiger partial charge in [0.15, 0.2) is 0 Å². The second-order valence-corrected chi connectivity index (χ2v) is 5.51. The van der Waals surface area contributed by atoms with E-state index in [-0.39, 0.29) is 5.82 Å². The van der Waals surface area contributed by atoms with Gasteiger partial charge in [-0.15, -0.1) is 0 Å². The first-order valence-corrected chi connectivity index (χ1v) is 7.97. The summed E-state index contributed by atoms with van der Waals surface area (Å²) in [6.45, 7) is 0.311. The second-order valence-electron chi connectivity index (χ2n) is 5.51. The van der Waals surface area contributed by atoms with Crippen molar-refractivity contribution in [3.63, 3.8) is 0 Å². The molecule has 0 aliphatic rings. The molecule has 0 fully saturated rings. The molecule has 0 saturated carbocycles. The Balaban J connectivity index is 1.65. The van der Waals surface area contributed by atoms with Gasteiger partial charge in [-0.25, -0.2) is 9.18 Å². The van der Waals surface area contributed by atoms with E-state index in [9.17, 15) is 9.18 Å². The van der Waals surface area contributed by atoms with Crippen molar-refractivity contribution in [3.8, 4) is 17.2 Å². The van der Waals surface area contributed by atoms with E-state index in [1.807, 2.05) is 24.3 Å². The third kappa shape index (κ3) is 4.60. The fourth-order valence-electron chi connectivity index (χ4n) is 2.33. The standard InChI is InChI=1S/C21H17FO4/c1-24-21(23)16-5-3-6-19(13-16)25-14-15-4-2-7-20(12-15)26-18-10-8-17(22)9-11-18/h2-13H,14H2,1H3. The Morgan fingerprint density at radius 2 is 1.62 bits per heavy atom. The molecule has 132 valence electrons. The molecule has 3 aromatic rings. The fourth-order valence-corrected chi connectivity index (χ4v) is 2.33. The van der Waals surface area contributed by atoms with Gasteiger partial charge in [-0.2, -0.15) is 0 Å². The van der Waals surface area contributed by atoms with Crippen LogP contribution < -0.4 is 9.47 Å². The third-order valence-electron chi connectivity index (χ3n) is 3.61. The van der Waals surface area contributed by atoms with Crippen molar-refractivity contribution in [3.05, 3.63) is 89.7 Å². The topological polar surface area (TPSA) is 44.8 Å². The summed E-state index contributed by atoms with van der Waals surface area (Å²) < 4.78 is 29.1. The molecule has 0 aliphatic carbocycles. The van der Waals surface area contributed by atoms with Gasteiger partial charge in [0.2, 0.25) is 0 Å². The molecule has 0 aliphatic heterocycles. The Hall–Kier alpha value is -3.34. The maximum absolute atomic E-state index is 13.0. The molecule has 0 spiro atoms. The van der Waals surface area contributed by atoms with Crippen LogP contribution in [0.4, 0.5) is 4.39 Å². The lowest BCUT2D eigenvalue weighted by molar-refractivity contribution is 0.0600. The summed E-state index contributed by atoms with van der Waals surface area (Å²) in [5, 5.41) is 0. The van der Waals surface area contributed by atoms with Gasteiger partial charge in [-0.1, -0.05) is 18.2 Å². The van der Waals surface area contributed by atoms with Crippen LogP contribution in [0, 0.1) is 5.82 Å². The van der Waals surface area contributed by atoms with Crippen LogP contribution in [0.1, 0.15) is 15.9 Å². The molecule has 0 bridgehead atoms. The maximum atomic E-state index is 13.0. The van der Waals surface area contributed by atoms with E-state index in [1.165, 1.54) is 19.2 Å². The highest BCUT2D eigenvalue weighted by molar-refractivity contribution is 5.89. The zero-order chi connectivity index (χ0) is 18.4. The number of hydrogen-bond donors (Lipinski definition) is 0. The van der Waals surface area contributed by atoms with E-state index in [1.54, 1.807) is 36.4 Å². The Morgan fingerprint density at radius 3 is 2.38 bits per heavy atom. The molecule has 4 nitrogen and oxygen atoms in total. The fraction of sp³-hybridized carbons (Fsp3) is 0.0952. The summed E-state index contributed by atoms with van der Waals surface area (Å²) in [7, 11) is 1.34. The largest absolute Gasteiger partial charge is 0.489 e. The highest BCUT2D eigenvalue weighted by Crippen LogP contribution is 2.23. The molecule has 5 heteroatoms. The van der Waals surface area contributed by atoms with Gasteiger partial charge in [0, 0.05) is 0 Å². The summed E-state index contributed by atoms with van der Waals surface area (Å²) in [4.78, 5) is 11.6. The number of halogens is 1. The summed E-state index contributed by atoms with van der Waals surface area (Å²) in [6.07, 6.45) is 0. The number of esters is 1. The van der Waals surface area contributed by atoms with Crippen LogP contribution in [0.3, 0.4) is 0 Å². The number of carbonyl (C=O) groups is 1. The van der Waals surface area contributed by atoms with Crippen molar-refractivity contribution in [1.82, 2.24) is 0 Å².